The predicted molar refractivity (Wildman–Crippen MR) is 179 cm³/mol. The second-order valence-corrected chi connectivity index (χ2v) is 13.3. The van der Waals surface area contributed by atoms with Crippen LogP contribution in [0.2, 0.25) is 0 Å². The van der Waals surface area contributed by atoms with Crippen LogP contribution in [0.1, 0.15) is 18.2 Å². The maximum atomic E-state index is 13.7. The number of H-pyrrole nitrogens is 1. The van der Waals surface area contributed by atoms with E-state index in [2.05, 4.69) is 47.2 Å². The largest absolute Gasteiger partial charge is 0.368 e. The van der Waals surface area contributed by atoms with Crippen molar-refractivity contribution in [3.63, 3.8) is 0 Å². The molecule has 0 radical (unpaired) electrons. The van der Waals surface area contributed by atoms with Crippen LogP contribution >= 0.6 is 21.6 Å². The highest BCUT2D eigenvalue weighted by molar-refractivity contribution is 8.76. The van der Waals surface area contributed by atoms with Crippen molar-refractivity contribution in [2.75, 3.05) is 31.1 Å². The second kappa shape index (κ2) is 19.6. The lowest BCUT2D eigenvalue weighted by atomic mass is 10.0. The van der Waals surface area contributed by atoms with Crippen LogP contribution in [0.15, 0.2) is 42.9 Å². The minimum atomic E-state index is -1.25. The van der Waals surface area contributed by atoms with Gasteiger partial charge in [0.1, 0.15) is 24.2 Å². The zero-order valence-corrected chi connectivity index (χ0v) is 28.0. The second-order valence-electron chi connectivity index (χ2n) is 10.7. The Balaban J connectivity index is 1.93. The maximum absolute atomic E-state index is 13.7. The molecule has 10 N–H and O–H groups in total. The van der Waals surface area contributed by atoms with Crippen LogP contribution in [-0.4, -0.2) is 113 Å². The molecule has 1 aliphatic heterocycles. The van der Waals surface area contributed by atoms with Crippen molar-refractivity contribution in [1.29, 1.82) is 0 Å². The van der Waals surface area contributed by atoms with Crippen molar-refractivity contribution < 1.29 is 38.4 Å². The third kappa shape index (κ3) is 13.9. The summed E-state index contributed by atoms with van der Waals surface area (Å²) in [5, 5.41) is 17.5. The van der Waals surface area contributed by atoms with E-state index >= 15 is 0 Å². The van der Waals surface area contributed by atoms with Crippen LogP contribution in [-0.2, 0) is 51.2 Å². The number of nitrogens with two attached hydrogens (primary N) is 1. The summed E-state index contributed by atoms with van der Waals surface area (Å²) in [4.78, 5) is 108. The van der Waals surface area contributed by atoms with Gasteiger partial charge in [0.15, 0.2) is 0 Å². The molecule has 0 aliphatic carbocycles. The molecule has 8 amide bonds. The van der Waals surface area contributed by atoms with Crippen LogP contribution < -0.4 is 43.0 Å². The molecule has 0 saturated carbocycles. The monoisotopic (exact) mass is 718 g/mol. The first kappa shape index (κ1) is 38.3. The van der Waals surface area contributed by atoms with E-state index in [9.17, 15) is 38.4 Å². The molecular formula is C29H38N10O8S2. The fourth-order valence-corrected chi connectivity index (χ4v) is 6.64. The average molecular weight is 719 g/mol. The minimum absolute atomic E-state index is 0.0258. The molecule has 0 spiro atoms. The summed E-state index contributed by atoms with van der Waals surface area (Å²) in [7, 11) is 2.14. The molecular weight excluding hydrogens is 681 g/mol. The summed E-state index contributed by atoms with van der Waals surface area (Å²) in [5.41, 5.74) is 6.31. The summed E-state index contributed by atoms with van der Waals surface area (Å²) < 4.78 is 0. The molecule has 49 heavy (non-hydrogen) atoms. The van der Waals surface area contributed by atoms with Gasteiger partial charge in [-0.1, -0.05) is 51.9 Å². The van der Waals surface area contributed by atoms with E-state index in [1.807, 2.05) is 0 Å². The number of amides is 8. The summed E-state index contributed by atoms with van der Waals surface area (Å²) in [6.45, 7) is -0.226. The number of hydrogen-bond acceptors (Lipinski definition) is 11. The van der Waals surface area contributed by atoms with E-state index in [0.29, 0.717) is 11.3 Å². The molecule has 18 nitrogen and oxygen atoms in total. The lowest BCUT2D eigenvalue weighted by molar-refractivity contribution is -0.134. The Labute approximate surface area is 288 Å². The van der Waals surface area contributed by atoms with E-state index in [1.54, 1.807) is 30.3 Å². The number of carbonyl (C=O) groups is 8. The summed E-state index contributed by atoms with van der Waals surface area (Å²) >= 11 is 0. The van der Waals surface area contributed by atoms with Gasteiger partial charge in [0.25, 0.3) is 0 Å². The van der Waals surface area contributed by atoms with Gasteiger partial charge in [-0.15, -0.1) is 0 Å². The normalized spacial score (nSPS) is 21.1. The number of benzene rings is 1. The SMILES string of the molecule is CC(=O)NCC(=O)N[C@H]1CSSC[C@@H](C(=O)NCC(N)=O)NC(=O)CNC(=O)[C@@H](Cc2ccccc2)NC(=O)[C@H](Cc2cnc[nH]2)NC1=O. The Morgan fingerprint density at radius 1 is 0.878 bits per heavy atom. The van der Waals surface area contributed by atoms with Crippen molar-refractivity contribution in [1.82, 2.24) is 47.2 Å². The van der Waals surface area contributed by atoms with Gasteiger partial charge in [0.2, 0.25) is 47.3 Å². The number of aromatic nitrogens is 2. The number of rotatable bonds is 10. The molecule has 264 valence electrons. The number of imidazole rings is 1. The first-order valence-electron chi connectivity index (χ1n) is 14.9. The van der Waals surface area contributed by atoms with Gasteiger partial charge in [-0.25, -0.2) is 4.98 Å². The molecule has 4 atom stereocenters. The molecule has 20 heteroatoms. The van der Waals surface area contributed by atoms with Crippen molar-refractivity contribution >= 4 is 68.8 Å². The highest BCUT2D eigenvalue weighted by atomic mass is 33.1. The number of aromatic amines is 1. The van der Waals surface area contributed by atoms with E-state index in [-0.39, 0.29) is 24.3 Å². The molecule has 1 aromatic carbocycles. The van der Waals surface area contributed by atoms with E-state index in [0.717, 1.165) is 21.6 Å². The van der Waals surface area contributed by atoms with E-state index in [1.165, 1.54) is 19.4 Å². The van der Waals surface area contributed by atoms with Crippen molar-refractivity contribution in [2.24, 2.45) is 5.73 Å². The molecule has 0 bridgehead atoms. The van der Waals surface area contributed by atoms with Gasteiger partial charge in [0, 0.05) is 43.2 Å². The molecule has 1 aromatic heterocycles. The quantitative estimate of drug-likeness (QED) is 0.108. The van der Waals surface area contributed by atoms with Crippen LogP contribution in [0.25, 0.3) is 0 Å². The van der Waals surface area contributed by atoms with Crippen LogP contribution in [0, 0.1) is 0 Å². The molecule has 1 aliphatic rings. The third-order valence-corrected chi connectivity index (χ3v) is 9.16. The number of nitrogens with one attached hydrogen (secondary N) is 8. The predicted octanol–water partition coefficient (Wildman–Crippen LogP) is -3.62. The van der Waals surface area contributed by atoms with E-state index < -0.39 is 91.1 Å². The van der Waals surface area contributed by atoms with Gasteiger partial charge in [-0.3, -0.25) is 38.4 Å². The van der Waals surface area contributed by atoms with Gasteiger partial charge in [-0.2, -0.15) is 0 Å². The molecule has 1 fully saturated rings. The number of carbonyl (C=O) groups excluding carboxylic acids is 8. The zero-order valence-electron chi connectivity index (χ0n) is 26.4. The highest BCUT2D eigenvalue weighted by Crippen LogP contribution is 2.23. The van der Waals surface area contributed by atoms with Crippen LogP contribution in [0.4, 0.5) is 0 Å². The fourth-order valence-electron chi connectivity index (χ4n) is 4.31. The first-order valence-corrected chi connectivity index (χ1v) is 17.4. The van der Waals surface area contributed by atoms with Gasteiger partial charge in [0.05, 0.1) is 26.0 Å². The van der Waals surface area contributed by atoms with Gasteiger partial charge >= 0.3 is 0 Å². The Morgan fingerprint density at radius 2 is 1.57 bits per heavy atom. The van der Waals surface area contributed by atoms with Crippen molar-refractivity contribution in [2.45, 2.75) is 43.9 Å². The first-order chi connectivity index (χ1) is 23.4. The lowest BCUT2D eigenvalue weighted by Gasteiger charge is -2.25. The van der Waals surface area contributed by atoms with Crippen LogP contribution in [0.3, 0.4) is 0 Å². The Bertz CT molecular complexity index is 1490. The van der Waals surface area contributed by atoms with Crippen molar-refractivity contribution in [3.8, 4) is 0 Å². The standard InChI is InChI=1S/C29H38N10O8S2/c1-16(40)32-11-24(42)37-22-14-49-48-13-21(27(45)33-10-23(30)41)36-25(43)12-34-26(44)19(7-17-5-3-2-4-6-17)38-28(46)20(39-29(22)47)8-18-9-31-15-35-18/h2-6,9,15,19-22H,7-8,10-14H2,1H3,(H2,30,41)(H,31,35)(H,32,40)(H,33,45)(H,34,44)(H,36,43)(H,37,42)(H,38,46)(H,39,47)/t19-,20+,21+,22+/m1/s1. The molecule has 2 aromatic rings. The Morgan fingerprint density at radius 3 is 2.24 bits per heavy atom. The molecule has 1 saturated heterocycles. The van der Waals surface area contributed by atoms with Gasteiger partial charge < -0.3 is 47.9 Å². The number of nitrogens with zero attached hydrogens (tertiary/aromatic N) is 1. The summed E-state index contributed by atoms with van der Waals surface area (Å²) in [6, 6.07) is 3.92. The van der Waals surface area contributed by atoms with Gasteiger partial charge in [-0.05, 0) is 5.56 Å². The molecule has 2 heterocycles. The number of primary amides is 1. The highest BCUT2D eigenvalue weighted by Gasteiger charge is 2.31. The summed E-state index contributed by atoms with van der Waals surface area (Å²) in [6.07, 6.45) is 2.82. The smallest absolute Gasteiger partial charge is 0.244 e. The van der Waals surface area contributed by atoms with Crippen molar-refractivity contribution in [3.05, 3.63) is 54.1 Å². The minimum Gasteiger partial charge on any atom is -0.368 e. The summed E-state index contributed by atoms with van der Waals surface area (Å²) in [5.74, 6) is -5.73. The lowest BCUT2D eigenvalue weighted by Crippen LogP contribution is -2.59. The Hall–Kier alpha value is -5.11. The van der Waals surface area contributed by atoms with E-state index in [4.69, 9.17) is 5.73 Å². The third-order valence-electron chi connectivity index (χ3n) is 6.74. The van der Waals surface area contributed by atoms with Crippen LogP contribution in [0.5, 0.6) is 0 Å². The number of hydrogen-bond donors (Lipinski definition) is 9. The molecule has 3 rings (SSSR count). The zero-order chi connectivity index (χ0) is 35.8. The Kier molecular flexibility index (Phi) is 15.4. The molecule has 0 unspecified atom stereocenters. The average Bonchev–Trinajstić information content (AvgIpc) is 3.58. The fraction of sp³-hybridized carbons (Fsp3) is 0.414. The maximum Gasteiger partial charge on any atom is 0.244 e. The topological polar surface area (TPSA) is 275 Å².